The van der Waals surface area contributed by atoms with Crippen LogP contribution >= 0.6 is 0 Å². The highest BCUT2D eigenvalue weighted by Gasteiger charge is 2.11. The van der Waals surface area contributed by atoms with Crippen molar-refractivity contribution >= 4 is 0 Å². The fourth-order valence-corrected chi connectivity index (χ4v) is 2.02. The summed E-state index contributed by atoms with van der Waals surface area (Å²) < 4.78 is 3.71. The maximum Gasteiger partial charge on any atom is 0.116 e. The lowest BCUT2D eigenvalue weighted by Gasteiger charge is -2.07. The number of nitrogens with zero attached hydrogens (tertiary/aromatic N) is 7. The molecule has 110 valence electrons. The number of rotatable bonds is 5. The van der Waals surface area contributed by atoms with E-state index in [0.29, 0.717) is 12.6 Å². The lowest BCUT2D eigenvalue weighted by Crippen LogP contribution is -2.03. The van der Waals surface area contributed by atoms with Crippen molar-refractivity contribution in [2.24, 2.45) is 0 Å². The second-order valence-corrected chi connectivity index (χ2v) is 5.12. The first-order chi connectivity index (χ1) is 10.2. The minimum absolute atomic E-state index is 0.381. The number of aryl methyl sites for hydroxylation is 1. The van der Waals surface area contributed by atoms with E-state index in [-0.39, 0.29) is 0 Å². The van der Waals surface area contributed by atoms with Gasteiger partial charge in [-0.1, -0.05) is 12.1 Å². The van der Waals surface area contributed by atoms with Gasteiger partial charge in [0.05, 0.1) is 24.6 Å². The number of H-pyrrole nitrogens is 1. The Morgan fingerprint density at radius 1 is 1.29 bits per heavy atom. The molecule has 3 aromatic heterocycles. The summed E-state index contributed by atoms with van der Waals surface area (Å²) in [5.41, 5.74) is 3.52. The summed E-state index contributed by atoms with van der Waals surface area (Å²) in [6.07, 6.45) is 6.76. The van der Waals surface area contributed by atoms with Gasteiger partial charge in [-0.15, -0.1) is 5.10 Å². The minimum Gasteiger partial charge on any atom is -0.269 e. The van der Waals surface area contributed by atoms with E-state index in [0.717, 1.165) is 29.1 Å². The van der Waals surface area contributed by atoms with Gasteiger partial charge < -0.3 is 0 Å². The van der Waals surface area contributed by atoms with Crippen molar-refractivity contribution in [3.05, 3.63) is 30.0 Å². The summed E-state index contributed by atoms with van der Waals surface area (Å²) >= 11 is 0. The fourth-order valence-electron chi connectivity index (χ4n) is 2.02. The number of hydrogen-bond acceptors (Lipinski definition) is 5. The Bertz CT molecular complexity index is 722. The minimum atomic E-state index is 0.381. The van der Waals surface area contributed by atoms with Crippen molar-refractivity contribution in [1.29, 1.82) is 0 Å². The molecule has 0 bridgehead atoms. The Labute approximate surface area is 122 Å². The van der Waals surface area contributed by atoms with Crippen molar-refractivity contribution in [3.8, 4) is 11.3 Å². The van der Waals surface area contributed by atoms with Crippen LogP contribution in [0.25, 0.3) is 11.3 Å². The molecule has 21 heavy (non-hydrogen) atoms. The molecular formula is C13H18N8. The topological polar surface area (TPSA) is 90.1 Å². The number of aromatic nitrogens is 8. The molecule has 3 heterocycles. The molecule has 3 rings (SSSR count). The van der Waals surface area contributed by atoms with Gasteiger partial charge in [-0.2, -0.15) is 20.5 Å². The summed E-state index contributed by atoms with van der Waals surface area (Å²) in [5.74, 6) is 0. The van der Waals surface area contributed by atoms with Gasteiger partial charge in [0.15, 0.2) is 0 Å². The fraction of sp³-hybridized carbons (Fsp3) is 0.462. The van der Waals surface area contributed by atoms with Gasteiger partial charge in [0.1, 0.15) is 11.4 Å². The van der Waals surface area contributed by atoms with E-state index in [1.54, 1.807) is 4.68 Å². The van der Waals surface area contributed by atoms with Crippen LogP contribution in [0.15, 0.2) is 18.6 Å². The molecule has 0 amide bonds. The monoisotopic (exact) mass is 286 g/mol. The molecule has 0 aromatic carbocycles. The van der Waals surface area contributed by atoms with Gasteiger partial charge in [0, 0.05) is 17.8 Å². The molecule has 0 saturated carbocycles. The van der Waals surface area contributed by atoms with Crippen LogP contribution in [0.4, 0.5) is 0 Å². The zero-order valence-corrected chi connectivity index (χ0v) is 12.4. The van der Waals surface area contributed by atoms with Gasteiger partial charge in [0.2, 0.25) is 0 Å². The molecule has 1 N–H and O–H groups in total. The molecule has 0 aliphatic heterocycles. The highest BCUT2D eigenvalue weighted by atomic mass is 15.4. The average Bonchev–Trinajstić information content (AvgIpc) is 3.20. The van der Waals surface area contributed by atoms with E-state index >= 15 is 0 Å². The van der Waals surface area contributed by atoms with Crippen LogP contribution < -0.4 is 0 Å². The third-order valence-electron chi connectivity index (χ3n) is 3.61. The molecule has 0 radical (unpaired) electrons. The first-order valence-electron chi connectivity index (χ1n) is 6.98. The van der Waals surface area contributed by atoms with Gasteiger partial charge in [0.25, 0.3) is 0 Å². The van der Waals surface area contributed by atoms with Gasteiger partial charge in [-0.25, -0.2) is 4.68 Å². The van der Waals surface area contributed by atoms with Gasteiger partial charge in [-0.05, 0) is 20.3 Å². The molecule has 0 aliphatic rings. The van der Waals surface area contributed by atoms with E-state index in [9.17, 15) is 0 Å². The van der Waals surface area contributed by atoms with Gasteiger partial charge in [-0.3, -0.25) is 4.68 Å². The van der Waals surface area contributed by atoms with Crippen molar-refractivity contribution in [1.82, 2.24) is 40.2 Å². The summed E-state index contributed by atoms with van der Waals surface area (Å²) in [6, 6.07) is 0.381. The second kappa shape index (κ2) is 5.47. The molecule has 0 saturated heterocycles. The Morgan fingerprint density at radius 2 is 2.14 bits per heavy atom. The van der Waals surface area contributed by atoms with Crippen LogP contribution in [0, 0.1) is 6.92 Å². The Kier molecular flexibility index (Phi) is 3.51. The summed E-state index contributed by atoms with van der Waals surface area (Å²) in [4.78, 5) is 0. The first kappa shape index (κ1) is 13.5. The zero-order chi connectivity index (χ0) is 14.8. The van der Waals surface area contributed by atoms with Crippen molar-refractivity contribution < 1.29 is 0 Å². The van der Waals surface area contributed by atoms with Crippen molar-refractivity contribution in [2.45, 2.75) is 39.8 Å². The molecule has 3 aromatic rings. The van der Waals surface area contributed by atoms with E-state index in [1.165, 1.54) is 0 Å². The standard InChI is InChI=1S/C13H18N8/c1-4-9(2)21-6-11(5-14-21)13-8-20(19-17-13)7-12-10(3)15-18-16-12/h5-6,8-9H,4,7H2,1-3H3,(H,15,16,18). The molecule has 0 aliphatic carbocycles. The Hall–Kier alpha value is -2.51. The van der Waals surface area contributed by atoms with Gasteiger partial charge >= 0.3 is 0 Å². The number of hydrogen-bond donors (Lipinski definition) is 1. The van der Waals surface area contributed by atoms with Crippen LogP contribution in [0.2, 0.25) is 0 Å². The van der Waals surface area contributed by atoms with E-state index < -0.39 is 0 Å². The van der Waals surface area contributed by atoms with Crippen molar-refractivity contribution in [3.63, 3.8) is 0 Å². The highest BCUT2D eigenvalue weighted by molar-refractivity contribution is 5.55. The molecular weight excluding hydrogens is 268 g/mol. The lowest BCUT2D eigenvalue weighted by molar-refractivity contribution is 0.478. The Balaban J connectivity index is 1.78. The first-order valence-corrected chi connectivity index (χ1v) is 6.98. The Morgan fingerprint density at radius 3 is 2.86 bits per heavy atom. The SMILES string of the molecule is CCC(C)n1cc(-c2cn(Cc3n[nH]nc3C)nn2)cn1. The van der Waals surface area contributed by atoms with Crippen LogP contribution in [-0.4, -0.2) is 40.2 Å². The third kappa shape index (κ3) is 2.69. The predicted molar refractivity (Wildman–Crippen MR) is 76.5 cm³/mol. The number of aromatic amines is 1. The van der Waals surface area contributed by atoms with Crippen LogP contribution in [0.1, 0.15) is 37.7 Å². The third-order valence-corrected chi connectivity index (χ3v) is 3.61. The summed E-state index contributed by atoms with van der Waals surface area (Å²) in [6.45, 7) is 6.74. The molecule has 1 atom stereocenters. The van der Waals surface area contributed by atoms with Crippen molar-refractivity contribution in [2.75, 3.05) is 0 Å². The molecule has 8 nitrogen and oxygen atoms in total. The quantitative estimate of drug-likeness (QED) is 0.769. The van der Waals surface area contributed by atoms with E-state index in [2.05, 4.69) is 44.7 Å². The molecule has 0 spiro atoms. The largest absolute Gasteiger partial charge is 0.269 e. The normalized spacial score (nSPS) is 12.7. The van der Waals surface area contributed by atoms with E-state index in [4.69, 9.17) is 0 Å². The van der Waals surface area contributed by atoms with E-state index in [1.807, 2.05) is 30.2 Å². The molecule has 0 fully saturated rings. The summed E-state index contributed by atoms with van der Waals surface area (Å²) in [7, 11) is 0. The lowest BCUT2D eigenvalue weighted by atomic mass is 10.2. The van der Waals surface area contributed by atoms with Crippen LogP contribution in [-0.2, 0) is 6.54 Å². The average molecular weight is 286 g/mol. The maximum atomic E-state index is 4.37. The zero-order valence-electron chi connectivity index (χ0n) is 12.4. The maximum absolute atomic E-state index is 4.37. The predicted octanol–water partition coefficient (Wildman–Crippen LogP) is 1.59. The molecule has 8 heteroatoms. The van der Waals surface area contributed by atoms with Crippen LogP contribution in [0.5, 0.6) is 0 Å². The smallest absolute Gasteiger partial charge is 0.116 e. The summed E-state index contributed by atoms with van der Waals surface area (Å²) in [5, 5.41) is 23.4. The second-order valence-electron chi connectivity index (χ2n) is 5.12. The highest BCUT2D eigenvalue weighted by Crippen LogP contribution is 2.18. The number of nitrogens with one attached hydrogen (secondary N) is 1. The van der Waals surface area contributed by atoms with Crippen LogP contribution in [0.3, 0.4) is 0 Å². The molecule has 1 unspecified atom stereocenters.